The Kier molecular flexibility index (Phi) is 27.0. The van der Waals surface area contributed by atoms with Gasteiger partial charge in [-0.1, -0.05) is 8.64 Å². The van der Waals surface area contributed by atoms with Gasteiger partial charge in [-0.3, -0.25) is 0 Å². The summed E-state index contributed by atoms with van der Waals surface area (Å²) in [5.41, 5.74) is 9.31. The molecule has 0 fully saturated rings. The predicted molar refractivity (Wildman–Crippen MR) is 93.3 cm³/mol. The number of hydrogen-bond donors (Lipinski definition) is 8. The summed E-state index contributed by atoms with van der Waals surface area (Å²) in [5.74, 6) is 0. The van der Waals surface area contributed by atoms with Gasteiger partial charge in [0, 0.05) is 6.54 Å². The maximum absolute atomic E-state index is 9.21. The van der Waals surface area contributed by atoms with Crippen molar-refractivity contribution in [1.29, 1.82) is 0 Å². The Morgan fingerprint density at radius 3 is 1.50 bits per heavy atom. The Balaban J connectivity index is -0.000000150. The van der Waals surface area contributed by atoms with Crippen molar-refractivity contribution in [3.63, 3.8) is 0 Å². The molecule has 0 amide bonds. The second kappa shape index (κ2) is 19.5. The van der Waals surface area contributed by atoms with Crippen LogP contribution >= 0.6 is 24.4 Å². The molecule has 0 saturated carbocycles. The van der Waals surface area contributed by atoms with Gasteiger partial charge in [-0.2, -0.15) is 0 Å². The average molecular weight is 435 g/mol. The fraction of sp³-hybridized carbons (Fsp3) is 0.778. The number of nitrogens with two attached hydrogens (primary N) is 2. The SMILES string of the molecule is CNC[C@H](O)[C@@H](O)[C@H](O)[C@H](O)CO.NC(=S)[S-].NC(=S)[S-].[Fe+2]. The Bertz CT molecular complexity index is 274. The van der Waals surface area contributed by atoms with Crippen molar-refractivity contribution >= 4 is 58.3 Å². The van der Waals surface area contributed by atoms with Crippen LogP contribution in [0.2, 0.25) is 0 Å². The number of rotatable bonds is 6. The van der Waals surface area contributed by atoms with E-state index < -0.39 is 31.0 Å². The standard InChI is InChI=1S/C7H17NO5.2CH3NS2.Fe/c1-8-2-4(10)6(12)7(13)5(11)3-9;2*2-1(3)4;/h4-13H,2-3H2,1H3;2*(H3,2,3,4);/q;;;+2/p-2/t4-,5+,6+,7+;;;/m0.../s1. The number of aliphatic hydroxyl groups is 5. The van der Waals surface area contributed by atoms with E-state index in [0.29, 0.717) is 0 Å². The molecule has 0 aromatic carbocycles. The monoisotopic (exact) mass is 435 g/mol. The molecule has 4 atom stereocenters. The van der Waals surface area contributed by atoms with E-state index >= 15 is 0 Å². The molecule has 8 nitrogen and oxygen atoms in total. The fourth-order valence-electron chi connectivity index (χ4n) is 0.893. The molecule has 13 heteroatoms. The van der Waals surface area contributed by atoms with Crippen LogP contribution in [-0.2, 0) is 42.3 Å². The number of likely N-dealkylation sites (N-methyl/N-ethyl adjacent to an activating group) is 1. The third-order valence-corrected chi connectivity index (χ3v) is 1.74. The van der Waals surface area contributed by atoms with Crippen LogP contribution in [0.5, 0.6) is 0 Å². The van der Waals surface area contributed by atoms with E-state index in [1.54, 1.807) is 7.05 Å². The summed E-state index contributed by atoms with van der Waals surface area (Å²) < 4.78 is 0.167. The normalized spacial score (nSPS) is 14.5. The third-order valence-electron chi connectivity index (χ3n) is 1.74. The quantitative estimate of drug-likeness (QED) is 0.117. The van der Waals surface area contributed by atoms with Gasteiger partial charge in [-0.05, 0) is 7.05 Å². The molecular weight excluding hydrogens is 414 g/mol. The zero-order chi connectivity index (χ0) is 17.6. The zero-order valence-corrected chi connectivity index (χ0v) is 16.0. The van der Waals surface area contributed by atoms with Gasteiger partial charge in [0.2, 0.25) is 0 Å². The van der Waals surface area contributed by atoms with Gasteiger partial charge in [-0.15, -0.1) is 0 Å². The van der Waals surface area contributed by atoms with E-state index in [2.05, 4.69) is 66.5 Å². The van der Waals surface area contributed by atoms with Crippen molar-refractivity contribution in [3.05, 3.63) is 0 Å². The number of aliphatic hydroxyl groups excluding tert-OH is 5. The Morgan fingerprint density at radius 1 is 1.00 bits per heavy atom. The molecule has 0 aliphatic carbocycles. The number of thiocarbonyl (C=S) groups is 2. The first kappa shape index (κ1) is 30.4. The molecular formula is C9H21FeN3O5S4. The first-order valence-corrected chi connectivity index (χ1v) is 7.05. The van der Waals surface area contributed by atoms with Crippen LogP contribution in [0.1, 0.15) is 0 Å². The van der Waals surface area contributed by atoms with Crippen LogP contribution in [0.4, 0.5) is 0 Å². The van der Waals surface area contributed by atoms with E-state index in [1.165, 1.54) is 0 Å². The molecule has 0 aliphatic heterocycles. The van der Waals surface area contributed by atoms with Gasteiger partial charge in [-0.25, -0.2) is 0 Å². The van der Waals surface area contributed by atoms with Crippen LogP contribution in [0.15, 0.2) is 0 Å². The topological polar surface area (TPSA) is 165 Å². The van der Waals surface area contributed by atoms with Crippen molar-refractivity contribution in [3.8, 4) is 0 Å². The second-order valence-electron chi connectivity index (χ2n) is 3.49. The van der Waals surface area contributed by atoms with Gasteiger partial charge in [0.05, 0.1) is 12.7 Å². The maximum atomic E-state index is 9.21. The molecule has 0 spiro atoms. The Labute approximate surface area is 161 Å². The fourth-order valence-corrected chi connectivity index (χ4v) is 0.893. The molecule has 22 heavy (non-hydrogen) atoms. The van der Waals surface area contributed by atoms with Crippen LogP contribution in [0, 0.1) is 0 Å². The summed E-state index contributed by atoms with van der Waals surface area (Å²) in [6.07, 6.45) is -5.65. The molecule has 0 bridgehead atoms. The summed E-state index contributed by atoms with van der Waals surface area (Å²) >= 11 is 16.5. The molecule has 0 rings (SSSR count). The molecule has 134 valence electrons. The smallest absolute Gasteiger partial charge is 0.415 e. The minimum absolute atomic E-state index is 0. The Hall–Kier alpha value is 0.499. The molecule has 0 unspecified atom stereocenters. The van der Waals surface area contributed by atoms with Crippen molar-refractivity contribution < 1.29 is 42.6 Å². The zero-order valence-electron chi connectivity index (χ0n) is 11.6. The summed E-state index contributed by atoms with van der Waals surface area (Å²) in [7, 11) is 1.57. The van der Waals surface area contributed by atoms with E-state index in [1.807, 2.05) is 0 Å². The van der Waals surface area contributed by atoms with Crippen LogP contribution < -0.4 is 16.8 Å². The predicted octanol–water partition coefficient (Wildman–Crippen LogP) is -3.81. The summed E-state index contributed by atoms with van der Waals surface area (Å²) in [6.45, 7) is -0.569. The number of hydrogen-bond acceptors (Lipinski definition) is 10. The maximum Gasteiger partial charge on any atom is 2.00 e. The minimum Gasteiger partial charge on any atom is -0.415 e. The van der Waals surface area contributed by atoms with Crippen molar-refractivity contribution in [2.75, 3.05) is 20.2 Å². The Morgan fingerprint density at radius 2 is 1.27 bits per heavy atom. The first-order chi connectivity index (χ1) is 9.50. The molecule has 0 saturated heterocycles. The molecule has 10 N–H and O–H groups in total. The second-order valence-corrected chi connectivity index (χ2v) is 5.77. The van der Waals surface area contributed by atoms with Gasteiger partial charge >= 0.3 is 17.1 Å². The van der Waals surface area contributed by atoms with Crippen LogP contribution in [-0.4, -0.2) is 78.8 Å². The number of nitrogens with one attached hydrogen (secondary N) is 1. The van der Waals surface area contributed by atoms with Gasteiger partial charge in [0.25, 0.3) is 0 Å². The van der Waals surface area contributed by atoms with Crippen LogP contribution in [0.25, 0.3) is 0 Å². The molecule has 0 radical (unpaired) electrons. The summed E-state index contributed by atoms with van der Waals surface area (Å²) in [5, 5.41) is 47.5. The third kappa shape index (κ3) is 25.5. The summed E-state index contributed by atoms with van der Waals surface area (Å²) in [4.78, 5) is 0. The van der Waals surface area contributed by atoms with E-state index in [-0.39, 0.29) is 32.3 Å². The largest absolute Gasteiger partial charge is 2.00 e. The van der Waals surface area contributed by atoms with Gasteiger partial charge in [0.1, 0.15) is 18.3 Å². The average Bonchev–Trinajstić information content (AvgIpc) is 2.35. The van der Waals surface area contributed by atoms with Crippen molar-refractivity contribution in [1.82, 2.24) is 5.32 Å². The molecule has 0 heterocycles. The molecule has 0 aromatic rings. The van der Waals surface area contributed by atoms with E-state index in [9.17, 15) is 5.11 Å². The van der Waals surface area contributed by atoms with Crippen molar-refractivity contribution in [2.24, 2.45) is 11.5 Å². The first-order valence-electron chi connectivity index (χ1n) is 5.41. The van der Waals surface area contributed by atoms with Crippen molar-refractivity contribution in [2.45, 2.75) is 24.4 Å². The van der Waals surface area contributed by atoms with Gasteiger partial charge in [0.15, 0.2) is 0 Å². The van der Waals surface area contributed by atoms with E-state index in [0.717, 1.165) is 0 Å². The summed E-state index contributed by atoms with van der Waals surface area (Å²) in [6, 6.07) is 0. The van der Waals surface area contributed by atoms with E-state index in [4.69, 9.17) is 20.4 Å². The molecule has 0 aliphatic rings. The van der Waals surface area contributed by atoms with Gasteiger partial charge < -0.3 is 92.0 Å². The van der Waals surface area contributed by atoms with Crippen LogP contribution in [0.3, 0.4) is 0 Å². The minimum atomic E-state index is -1.55. The molecule has 0 aromatic heterocycles.